The van der Waals surface area contributed by atoms with Crippen molar-refractivity contribution in [3.63, 3.8) is 0 Å². The molecule has 2 aromatic carbocycles. The molecule has 1 unspecified atom stereocenters. The number of aromatic nitrogens is 1. The van der Waals surface area contributed by atoms with Crippen LogP contribution in [0.4, 0.5) is 10.3 Å². The maximum Gasteiger partial charge on any atom is 0.269 e. The van der Waals surface area contributed by atoms with E-state index in [9.17, 15) is 21.2 Å². The molecule has 0 fully saturated rings. The molecule has 0 aliphatic heterocycles. The number of benzene rings is 2. The number of halogens is 1. The first-order valence-corrected chi connectivity index (χ1v) is 19.6. The van der Waals surface area contributed by atoms with Crippen LogP contribution in [-0.4, -0.2) is 55.5 Å². The Hall–Kier alpha value is -2.58. The van der Waals surface area contributed by atoms with Crippen LogP contribution in [0.5, 0.6) is 0 Å². The second-order valence-corrected chi connectivity index (χ2v) is 19.8. The number of nitrogens with zero attached hydrogens (tertiary/aromatic N) is 2. The summed E-state index contributed by atoms with van der Waals surface area (Å²) in [4.78, 5) is -0.0204. The molecule has 0 amide bonds. The van der Waals surface area contributed by atoms with Crippen LogP contribution in [0.15, 0.2) is 51.9 Å². The third kappa shape index (κ3) is 7.58. The van der Waals surface area contributed by atoms with Crippen molar-refractivity contribution in [2.24, 2.45) is 0 Å². The summed E-state index contributed by atoms with van der Waals surface area (Å²) < 4.78 is 82.6. The van der Waals surface area contributed by atoms with E-state index in [0.717, 1.165) is 10.6 Å². The Kier molecular flexibility index (Phi) is 9.99. The van der Waals surface area contributed by atoms with E-state index in [-0.39, 0.29) is 36.3 Å². The third-order valence-electron chi connectivity index (χ3n) is 6.74. The number of ether oxygens (including phenoxy) is 1. The zero-order valence-corrected chi connectivity index (χ0v) is 26.5. The van der Waals surface area contributed by atoms with Crippen LogP contribution in [0.1, 0.15) is 29.3 Å². The summed E-state index contributed by atoms with van der Waals surface area (Å²) in [5, 5.41) is 3.96. The highest BCUT2D eigenvalue weighted by Crippen LogP contribution is 2.36. The molecule has 0 saturated heterocycles. The van der Waals surface area contributed by atoms with Crippen LogP contribution in [0.25, 0.3) is 11.1 Å². The van der Waals surface area contributed by atoms with Crippen molar-refractivity contribution in [1.29, 1.82) is 0 Å². The molecular formula is C27H37FN2O7S2Si. The number of sulfonamides is 1. The number of rotatable bonds is 13. The summed E-state index contributed by atoms with van der Waals surface area (Å²) in [5.41, 5.74) is 2.86. The van der Waals surface area contributed by atoms with Crippen molar-refractivity contribution in [1.82, 2.24) is 5.16 Å². The van der Waals surface area contributed by atoms with Gasteiger partial charge in [-0.05, 0) is 43.5 Å². The monoisotopic (exact) mass is 612 g/mol. The van der Waals surface area contributed by atoms with Gasteiger partial charge in [-0.15, -0.1) is 0 Å². The topological polar surface area (TPSA) is 116 Å². The first kappa shape index (κ1) is 31.9. The first-order chi connectivity index (χ1) is 18.6. The van der Waals surface area contributed by atoms with Crippen molar-refractivity contribution in [2.45, 2.75) is 64.1 Å². The summed E-state index contributed by atoms with van der Waals surface area (Å²) >= 11 is 0. The molecular weight excluding hydrogens is 576 g/mol. The molecule has 0 spiro atoms. The Morgan fingerprint density at radius 2 is 1.73 bits per heavy atom. The van der Waals surface area contributed by atoms with E-state index in [4.69, 9.17) is 13.4 Å². The maximum absolute atomic E-state index is 14.3. The summed E-state index contributed by atoms with van der Waals surface area (Å²) in [7, 11) is -9.69. The first-order valence-electron chi connectivity index (χ1n) is 12.7. The lowest BCUT2D eigenvalue weighted by Crippen LogP contribution is -2.42. The van der Waals surface area contributed by atoms with Crippen LogP contribution < -0.4 is 4.31 Å². The number of aryl methyl sites for hydroxylation is 2. The Balaban J connectivity index is 2.13. The molecule has 9 nitrogen and oxygen atoms in total. The maximum atomic E-state index is 14.3. The SMILES string of the molecule is Cc1noc(N(COC(C)[Si](C)(C)C)S(=O)(=O)c2ccccc2-c2ccc(COS(C)(=O)=O)cc2CCF)c1C. The van der Waals surface area contributed by atoms with Crippen molar-refractivity contribution >= 4 is 34.1 Å². The summed E-state index contributed by atoms with van der Waals surface area (Å²) in [5.74, 6) is 0.0623. The van der Waals surface area contributed by atoms with Gasteiger partial charge < -0.3 is 9.26 Å². The average molecular weight is 613 g/mol. The highest BCUT2D eigenvalue weighted by molar-refractivity contribution is 7.93. The summed E-state index contributed by atoms with van der Waals surface area (Å²) in [6.07, 6.45) is 0.944. The Bertz CT molecular complexity index is 1550. The Morgan fingerprint density at radius 1 is 1.05 bits per heavy atom. The number of alkyl halides is 1. The second kappa shape index (κ2) is 12.5. The van der Waals surface area contributed by atoms with E-state index in [2.05, 4.69) is 24.8 Å². The highest BCUT2D eigenvalue weighted by atomic mass is 32.2. The second-order valence-electron chi connectivity index (χ2n) is 10.7. The van der Waals surface area contributed by atoms with Crippen LogP contribution in [0.3, 0.4) is 0 Å². The van der Waals surface area contributed by atoms with Crippen LogP contribution >= 0.6 is 0 Å². The lowest BCUT2D eigenvalue weighted by Gasteiger charge is -2.29. The van der Waals surface area contributed by atoms with Gasteiger partial charge in [0, 0.05) is 23.3 Å². The van der Waals surface area contributed by atoms with Crippen LogP contribution in [0.2, 0.25) is 19.6 Å². The zero-order valence-electron chi connectivity index (χ0n) is 23.9. The Labute approximate surface area is 237 Å². The molecule has 0 N–H and O–H groups in total. The van der Waals surface area contributed by atoms with Gasteiger partial charge in [-0.2, -0.15) is 8.42 Å². The minimum Gasteiger partial charge on any atom is -0.360 e. The molecule has 0 saturated carbocycles. The van der Waals surface area contributed by atoms with Gasteiger partial charge in [-0.3, -0.25) is 8.57 Å². The molecule has 1 aromatic heterocycles. The fourth-order valence-corrected chi connectivity index (χ4v) is 6.28. The molecule has 1 atom stereocenters. The fourth-order valence-electron chi connectivity index (χ4n) is 3.82. The molecule has 1 heterocycles. The third-order valence-corrected chi connectivity index (χ3v) is 11.7. The van der Waals surface area contributed by atoms with Gasteiger partial charge in [-0.25, -0.2) is 12.7 Å². The van der Waals surface area contributed by atoms with Crippen molar-refractivity contribution in [3.05, 3.63) is 64.8 Å². The quantitative estimate of drug-likeness (QED) is 0.144. The zero-order chi connectivity index (χ0) is 29.9. The summed E-state index contributed by atoms with van der Waals surface area (Å²) in [6.45, 7) is 10.6. The molecule has 3 aromatic rings. The average Bonchev–Trinajstić information content (AvgIpc) is 3.19. The predicted octanol–water partition coefficient (Wildman–Crippen LogP) is 5.38. The predicted molar refractivity (Wildman–Crippen MR) is 156 cm³/mol. The lowest BCUT2D eigenvalue weighted by atomic mass is 9.96. The molecule has 3 rings (SSSR count). The van der Waals surface area contributed by atoms with E-state index in [1.54, 1.807) is 50.2 Å². The van der Waals surface area contributed by atoms with Gasteiger partial charge >= 0.3 is 0 Å². The normalized spacial score (nSPS) is 13.4. The molecule has 40 heavy (non-hydrogen) atoms. The van der Waals surface area contributed by atoms with E-state index >= 15 is 0 Å². The van der Waals surface area contributed by atoms with E-state index in [1.807, 2.05) is 6.92 Å². The molecule has 0 aliphatic rings. The summed E-state index contributed by atoms with van der Waals surface area (Å²) in [6, 6.07) is 11.4. The minimum absolute atomic E-state index is 0.00259. The molecule has 0 aliphatic carbocycles. The minimum atomic E-state index is -4.26. The van der Waals surface area contributed by atoms with E-state index in [1.165, 1.54) is 6.07 Å². The smallest absolute Gasteiger partial charge is 0.269 e. The van der Waals surface area contributed by atoms with Crippen molar-refractivity contribution in [2.75, 3.05) is 24.0 Å². The molecule has 0 radical (unpaired) electrons. The number of anilines is 1. The van der Waals surface area contributed by atoms with Crippen molar-refractivity contribution in [3.8, 4) is 11.1 Å². The number of hydrogen-bond acceptors (Lipinski definition) is 8. The van der Waals surface area contributed by atoms with Crippen molar-refractivity contribution < 1.29 is 34.7 Å². The molecule has 0 bridgehead atoms. The van der Waals surface area contributed by atoms with Gasteiger partial charge in [0.25, 0.3) is 20.1 Å². The van der Waals surface area contributed by atoms with Gasteiger partial charge in [0.2, 0.25) is 5.88 Å². The highest BCUT2D eigenvalue weighted by Gasteiger charge is 2.34. The molecule has 13 heteroatoms. The van der Waals surface area contributed by atoms with Gasteiger partial charge in [0.15, 0.2) is 0 Å². The lowest BCUT2D eigenvalue weighted by molar-refractivity contribution is 0.117. The van der Waals surface area contributed by atoms with E-state index < -0.39 is 34.9 Å². The standard InChI is InChI=1S/C27H37FN2O7S2Si/c1-19-20(2)29-37-27(19)30(18-35-21(3)40(5,6)7)39(33,34)26-11-9-8-10-25(26)24-13-12-22(16-23(24)14-15-28)17-36-38(4,31)32/h8-13,16,21H,14-15,17-18H2,1-7H3. The van der Waals surface area contributed by atoms with Gasteiger partial charge in [-0.1, -0.05) is 61.2 Å². The van der Waals surface area contributed by atoms with Crippen LogP contribution in [0, 0.1) is 13.8 Å². The fraction of sp³-hybridized carbons (Fsp3) is 0.444. The Morgan fingerprint density at radius 3 is 2.30 bits per heavy atom. The van der Waals surface area contributed by atoms with Gasteiger partial charge in [0.1, 0.15) is 6.73 Å². The van der Waals surface area contributed by atoms with Crippen LogP contribution in [-0.2, 0) is 42.1 Å². The molecule has 220 valence electrons. The van der Waals surface area contributed by atoms with Gasteiger partial charge in [0.05, 0.1) is 38.2 Å². The number of hydrogen-bond donors (Lipinski definition) is 0. The van der Waals surface area contributed by atoms with E-state index in [0.29, 0.717) is 33.5 Å². The largest absolute Gasteiger partial charge is 0.360 e.